The first-order valence-electron chi connectivity index (χ1n) is 8.78. The molecule has 26 heavy (non-hydrogen) atoms. The van der Waals surface area contributed by atoms with Crippen LogP contribution in [0.3, 0.4) is 0 Å². The number of likely N-dealkylation sites (tertiary alicyclic amines) is 1. The SMILES string of the molecule is O=C(Nc1ccc(F)c(F)c1F)C1CCN(C(=O)C2CCOCC2)CC1. The van der Waals surface area contributed by atoms with Crippen molar-refractivity contribution >= 4 is 17.5 Å². The number of rotatable bonds is 3. The second-order valence-electron chi connectivity index (χ2n) is 6.70. The molecule has 8 heteroatoms. The number of benzene rings is 1. The predicted octanol–water partition coefficient (Wildman–Crippen LogP) is 2.71. The number of halogens is 3. The van der Waals surface area contributed by atoms with Crippen molar-refractivity contribution in [2.75, 3.05) is 31.6 Å². The number of hydrogen-bond donors (Lipinski definition) is 1. The third-order valence-electron chi connectivity index (χ3n) is 5.04. The monoisotopic (exact) mass is 370 g/mol. The maximum absolute atomic E-state index is 13.7. The standard InChI is InChI=1S/C18H21F3N2O3/c19-13-1-2-14(16(21)15(13)20)22-17(24)11-3-7-23(8-4-11)18(25)12-5-9-26-10-6-12/h1-2,11-12H,3-10H2,(H,22,24). The summed E-state index contributed by atoms with van der Waals surface area (Å²) >= 11 is 0. The molecule has 1 aromatic carbocycles. The highest BCUT2D eigenvalue weighted by Crippen LogP contribution is 2.25. The molecule has 0 radical (unpaired) electrons. The van der Waals surface area contributed by atoms with Crippen LogP contribution in [0.5, 0.6) is 0 Å². The van der Waals surface area contributed by atoms with Crippen LogP contribution < -0.4 is 5.32 Å². The molecule has 2 aliphatic heterocycles. The molecule has 1 N–H and O–H groups in total. The van der Waals surface area contributed by atoms with Gasteiger partial charge in [-0.1, -0.05) is 0 Å². The van der Waals surface area contributed by atoms with E-state index in [0.29, 0.717) is 52.0 Å². The number of anilines is 1. The Bertz CT molecular complexity index is 685. The van der Waals surface area contributed by atoms with Crippen molar-refractivity contribution in [3.63, 3.8) is 0 Å². The van der Waals surface area contributed by atoms with E-state index < -0.39 is 29.3 Å². The largest absolute Gasteiger partial charge is 0.381 e. The summed E-state index contributed by atoms with van der Waals surface area (Å²) in [4.78, 5) is 26.5. The van der Waals surface area contributed by atoms with Crippen LogP contribution in [-0.2, 0) is 14.3 Å². The molecule has 3 rings (SSSR count). The normalized spacial score (nSPS) is 19.4. The van der Waals surface area contributed by atoms with Gasteiger partial charge in [-0.25, -0.2) is 13.2 Å². The highest BCUT2D eigenvalue weighted by atomic mass is 19.2. The van der Waals surface area contributed by atoms with E-state index in [1.807, 2.05) is 0 Å². The molecule has 142 valence electrons. The summed E-state index contributed by atoms with van der Waals surface area (Å²) in [5.74, 6) is -5.11. The zero-order chi connectivity index (χ0) is 18.7. The van der Waals surface area contributed by atoms with Crippen LogP contribution in [0.1, 0.15) is 25.7 Å². The molecule has 0 bridgehead atoms. The Hall–Kier alpha value is -2.09. The number of piperidine rings is 1. The topological polar surface area (TPSA) is 58.6 Å². The number of nitrogens with one attached hydrogen (secondary N) is 1. The van der Waals surface area contributed by atoms with Gasteiger partial charge >= 0.3 is 0 Å². The van der Waals surface area contributed by atoms with Crippen molar-refractivity contribution < 1.29 is 27.5 Å². The van der Waals surface area contributed by atoms with Crippen LogP contribution in [0, 0.1) is 29.3 Å². The van der Waals surface area contributed by atoms with E-state index in [1.54, 1.807) is 4.90 Å². The highest BCUT2D eigenvalue weighted by molar-refractivity contribution is 5.93. The summed E-state index contributed by atoms with van der Waals surface area (Å²) in [6.45, 7) is 2.09. The van der Waals surface area contributed by atoms with Crippen LogP contribution in [0.4, 0.5) is 18.9 Å². The van der Waals surface area contributed by atoms with Gasteiger partial charge < -0.3 is 15.0 Å². The first-order valence-corrected chi connectivity index (χ1v) is 8.78. The van der Waals surface area contributed by atoms with Crippen LogP contribution in [-0.4, -0.2) is 43.0 Å². The van der Waals surface area contributed by atoms with E-state index >= 15 is 0 Å². The van der Waals surface area contributed by atoms with Gasteiger partial charge in [0.15, 0.2) is 17.5 Å². The third kappa shape index (κ3) is 4.00. The predicted molar refractivity (Wildman–Crippen MR) is 87.8 cm³/mol. The summed E-state index contributed by atoms with van der Waals surface area (Å²) in [6.07, 6.45) is 2.33. The van der Waals surface area contributed by atoms with E-state index in [1.165, 1.54) is 0 Å². The molecule has 0 unspecified atom stereocenters. The molecule has 2 amide bonds. The third-order valence-corrected chi connectivity index (χ3v) is 5.04. The van der Waals surface area contributed by atoms with Crippen LogP contribution in [0.15, 0.2) is 12.1 Å². The summed E-state index contributed by atoms with van der Waals surface area (Å²) in [5, 5.41) is 2.31. The van der Waals surface area contributed by atoms with Crippen molar-refractivity contribution in [1.82, 2.24) is 4.90 Å². The summed E-state index contributed by atoms with van der Waals surface area (Å²) in [6, 6.07) is 1.76. The zero-order valence-electron chi connectivity index (χ0n) is 14.3. The van der Waals surface area contributed by atoms with Gasteiger partial charge in [-0.2, -0.15) is 0 Å². The quantitative estimate of drug-likeness (QED) is 0.833. The molecular weight excluding hydrogens is 349 g/mol. The first kappa shape index (κ1) is 18.7. The molecule has 0 aliphatic carbocycles. The number of ether oxygens (including phenoxy) is 1. The minimum Gasteiger partial charge on any atom is -0.381 e. The fourth-order valence-corrected chi connectivity index (χ4v) is 3.42. The summed E-state index contributed by atoms with van der Waals surface area (Å²) in [7, 11) is 0. The molecule has 0 aromatic heterocycles. The van der Waals surface area contributed by atoms with E-state index in [0.717, 1.165) is 12.1 Å². The smallest absolute Gasteiger partial charge is 0.227 e. The zero-order valence-corrected chi connectivity index (χ0v) is 14.3. The summed E-state index contributed by atoms with van der Waals surface area (Å²) in [5.41, 5.74) is -0.380. The lowest BCUT2D eigenvalue weighted by Gasteiger charge is -2.34. The molecule has 2 heterocycles. The Labute approximate surface area is 149 Å². The van der Waals surface area contributed by atoms with Crippen LogP contribution in [0.2, 0.25) is 0 Å². The average Bonchev–Trinajstić information content (AvgIpc) is 2.68. The molecular formula is C18H21F3N2O3. The lowest BCUT2D eigenvalue weighted by molar-refractivity contribution is -0.141. The Balaban J connectivity index is 1.53. The lowest BCUT2D eigenvalue weighted by atomic mass is 9.93. The molecule has 5 nitrogen and oxygen atoms in total. The molecule has 0 saturated carbocycles. The number of amides is 2. The van der Waals surface area contributed by atoms with Crippen molar-refractivity contribution in [3.05, 3.63) is 29.6 Å². The Morgan fingerprint density at radius 1 is 0.962 bits per heavy atom. The fraction of sp³-hybridized carbons (Fsp3) is 0.556. The van der Waals surface area contributed by atoms with Crippen LogP contribution >= 0.6 is 0 Å². The number of hydrogen-bond acceptors (Lipinski definition) is 3. The molecule has 2 fully saturated rings. The molecule has 2 aliphatic rings. The van der Waals surface area contributed by atoms with Crippen molar-refractivity contribution in [1.29, 1.82) is 0 Å². The van der Waals surface area contributed by atoms with Gasteiger partial charge in [0, 0.05) is 38.1 Å². The maximum atomic E-state index is 13.7. The van der Waals surface area contributed by atoms with E-state index in [2.05, 4.69) is 5.32 Å². The minimum atomic E-state index is -1.61. The van der Waals surface area contributed by atoms with Gasteiger partial charge in [-0.05, 0) is 37.8 Å². The van der Waals surface area contributed by atoms with Gasteiger partial charge in [0.2, 0.25) is 11.8 Å². The molecule has 0 spiro atoms. The van der Waals surface area contributed by atoms with Gasteiger partial charge in [-0.15, -0.1) is 0 Å². The van der Waals surface area contributed by atoms with Gasteiger partial charge in [0.1, 0.15) is 0 Å². The fourth-order valence-electron chi connectivity index (χ4n) is 3.42. The molecule has 0 atom stereocenters. The maximum Gasteiger partial charge on any atom is 0.227 e. The Morgan fingerprint density at radius 2 is 1.62 bits per heavy atom. The minimum absolute atomic E-state index is 0.0228. The number of carbonyl (C=O) groups is 2. The first-order chi connectivity index (χ1) is 12.5. The van der Waals surface area contributed by atoms with Crippen LogP contribution in [0.25, 0.3) is 0 Å². The molecule has 1 aromatic rings. The van der Waals surface area contributed by atoms with Gasteiger partial charge in [0.25, 0.3) is 0 Å². The van der Waals surface area contributed by atoms with Gasteiger partial charge in [-0.3, -0.25) is 9.59 Å². The highest BCUT2D eigenvalue weighted by Gasteiger charge is 2.32. The average molecular weight is 370 g/mol. The van der Waals surface area contributed by atoms with Crippen molar-refractivity contribution in [2.24, 2.45) is 11.8 Å². The molecule has 2 saturated heterocycles. The number of carbonyl (C=O) groups excluding carboxylic acids is 2. The van der Waals surface area contributed by atoms with E-state index in [4.69, 9.17) is 4.74 Å². The van der Waals surface area contributed by atoms with E-state index in [9.17, 15) is 22.8 Å². The van der Waals surface area contributed by atoms with Crippen molar-refractivity contribution in [2.45, 2.75) is 25.7 Å². The number of nitrogens with zero attached hydrogens (tertiary/aromatic N) is 1. The van der Waals surface area contributed by atoms with Crippen molar-refractivity contribution in [3.8, 4) is 0 Å². The summed E-state index contributed by atoms with van der Waals surface area (Å²) < 4.78 is 45.1. The van der Waals surface area contributed by atoms with E-state index in [-0.39, 0.29) is 17.5 Å². The Morgan fingerprint density at radius 3 is 2.27 bits per heavy atom. The second-order valence-corrected chi connectivity index (χ2v) is 6.70. The Kier molecular flexibility index (Phi) is 5.80. The second kappa shape index (κ2) is 8.07. The van der Waals surface area contributed by atoms with Gasteiger partial charge in [0.05, 0.1) is 5.69 Å². The lowest BCUT2D eigenvalue weighted by Crippen LogP contribution is -2.45.